The molecule has 1 heterocycles. The van der Waals surface area contributed by atoms with E-state index in [0.717, 1.165) is 29.0 Å². The van der Waals surface area contributed by atoms with E-state index in [1.165, 1.54) is 0 Å². The van der Waals surface area contributed by atoms with Gasteiger partial charge in [-0.3, -0.25) is 9.59 Å². The van der Waals surface area contributed by atoms with E-state index < -0.39 is 0 Å². The van der Waals surface area contributed by atoms with Gasteiger partial charge in [-0.2, -0.15) is 0 Å². The van der Waals surface area contributed by atoms with Gasteiger partial charge in [0, 0.05) is 24.5 Å². The molecule has 24 heavy (non-hydrogen) atoms. The number of anilines is 2. The molecule has 0 bridgehead atoms. The highest BCUT2D eigenvalue weighted by molar-refractivity contribution is 5.92. The molecule has 1 aliphatic rings. The summed E-state index contributed by atoms with van der Waals surface area (Å²) in [5, 5.41) is 5.73. The number of carbonyl (C=O) groups is 2. The van der Waals surface area contributed by atoms with Gasteiger partial charge in [0.05, 0.1) is 13.0 Å². The number of benzene rings is 2. The van der Waals surface area contributed by atoms with Crippen LogP contribution in [0.1, 0.15) is 11.1 Å². The second-order valence-corrected chi connectivity index (χ2v) is 5.97. The number of carbonyl (C=O) groups excluding carboxylic acids is 2. The third kappa shape index (κ3) is 3.93. The zero-order valence-corrected chi connectivity index (χ0v) is 13.7. The van der Waals surface area contributed by atoms with Crippen LogP contribution in [0.3, 0.4) is 0 Å². The summed E-state index contributed by atoms with van der Waals surface area (Å²) in [4.78, 5) is 25.7. The highest BCUT2D eigenvalue weighted by Crippen LogP contribution is 2.19. The number of amides is 2. The molecule has 0 atom stereocenters. The van der Waals surface area contributed by atoms with Gasteiger partial charge in [-0.25, -0.2) is 0 Å². The minimum absolute atomic E-state index is 0.0330. The third-order valence-electron chi connectivity index (χ3n) is 4.17. The first kappa shape index (κ1) is 16.1. The predicted octanol–water partition coefficient (Wildman–Crippen LogP) is 2.11. The van der Waals surface area contributed by atoms with E-state index in [9.17, 15) is 9.59 Å². The van der Waals surface area contributed by atoms with Crippen molar-refractivity contribution in [1.82, 2.24) is 5.32 Å². The SMILES string of the molecule is Cc1ccccc1CC(=O)Nc1ccc(N2CCNC(=O)C2)cc1. The maximum Gasteiger partial charge on any atom is 0.239 e. The Labute approximate surface area is 141 Å². The Bertz CT molecular complexity index is 741. The molecular formula is C19H21N3O2. The maximum atomic E-state index is 12.2. The molecule has 0 spiro atoms. The topological polar surface area (TPSA) is 61.4 Å². The van der Waals surface area contributed by atoms with Gasteiger partial charge in [-0.15, -0.1) is 0 Å². The van der Waals surface area contributed by atoms with E-state index in [-0.39, 0.29) is 11.8 Å². The number of nitrogens with zero attached hydrogens (tertiary/aromatic N) is 1. The fraction of sp³-hybridized carbons (Fsp3) is 0.263. The van der Waals surface area contributed by atoms with Gasteiger partial charge in [-0.05, 0) is 42.3 Å². The molecule has 1 aliphatic heterocycles. The van der Waals surface area contributed by atoms with Crippen molar-refractivity contribution in [2.24, 2.45) is 0 Å². The number of hydrogen-bond acceptors (Lipinski definition) is 3. The highest BCUT2D eigenvalue weighted by Gasteiger charge is 2.16. The zero-order valence-electron chi connectivity index (χ0n) is 13.7. The number of piperazine rings is 1. The van der Waals surface area contributed by atoms with Crippen LogP contribution in [0.15, 0.2) is 48.5 Å². The Kier molecular flexibility index (Phi) is 4.79. The number of aryl methyl sites for hydroxylation is 1. The second-order valence-electron chi connectivity index (χ2n) is 5.97. The monoisotopic (exact) mass is 323 g/mol. The summed E-state index contributed by atoms with van der Waals surface area (Å²) in [6.45, 7) is 3.84. The molecule has 1 fully saturated rings. The molecule has 5 nitrogen and oxygen atoms in total. The first-order valence-electron chi connectivity index (χ1n) is 8.08. The lowest BCUT2D eigenvalue weighted by Crippen LogP contribution is -2.47. The lowest BCUT2D eigenvalue weighted by molar-refractivity contribution is -0.120. The molecular weight excluding hydrogens is 302 g/mol. The highest BCUT2D eigenvalue weighted by atomic mass is 16.2. The average molecular weight is 323 g/mol. The van der Waals surface area contributed by atoms with Crippen LogP contribution < -0.4 is 15.5 Å². The Balaban J connectivity index is 1.60. The minimum atomic E-state index is -0.0330. The maximum absolute atomic E-state index is 12.2. The van der Waals surface area contributed by atoms with Crippen LogP contribution in [0.25, 0.3) is 0 Å². The first-order valence-corrected chi connectivity index (χ1v) is 8.08. The van der Waals surface area contributed by atoms with Crippen molar-refractivity contribution in [3.8, 4) is 0 Å². The Morgan fingerprint density at radius 2 is 1.92 bits per heavy atom. The molecule has 2 aromatic carbocycles. The van der Waals surface area contributed by atoms with Crippen molar-refractivity contribution in [2.45, 2.75) is 13.3 Å². The van der Waals surface area contributed by atoms with Crippen LogP contribution in [0.5, 0.6) is 0 Å². The van der Waals surface area contributed by atoms with E-state index >= 15 is 0 Å². The van der Waals surface area contributed by atoms with Crippen molar-refractivity contribution in [1.29, 1.82) is 0 Å². The molecule has 2 amide bonds. The largest absolute Gasteiger partial charge is 0.360 e. The molecule has 2 aromatic rings. The standard InChI is InChI=1S/C19H21N3O2/c1-14-4-2-3-5-15(14)12-18(23)21-16-6-8-17(9-7-16)22-11-10-20-19(24)13-22/h2-9H,10-13H2,1H3,(H,20,24)(H,21,23). The third-order valence-corrected chi connectivity index (χ3v) is 4.17. The van der Waals surface area contributed by atoms with E-state index in [2.05, 4.69) is 10.6 Å². The Morgan fingerprint density at radius 3 is 2.62 bits per heavy atom. The van der Waals surface area contributed by atoms with Gasteiger partial charge in [0.1, 0.15) is 0 Å². The van der Waals surface area contributed by atoms with Crippen molar-refractivity contribution >= 4 is 23.2 Å². The molecule has 5 heteroatoms. The smallest absolute Gasteiger partial charge is 0.239 e. The van der Waals surface area contributed by atoms with Crippen molar-refractivity contribution < 1.29 is 9.59 Å². The van der Waals surface area contributed by atoms with Crippen molar-refractivity contribution in [3.05, 3.63) is 59.7 Å². The van der Waals surface area contributed by atoms with Crippen LogP contribution in [0, 0.1) is 6.92 Å². The lowest BCUT2D eigenvalue weighted by atomic mass is 10.1. The Hall–Kier alpha value is -2.82. The molecule has 0 aromatic heterocycles. The van der Waals surface area contributed by atoms with Gasteiger partial charge >= 0.3 is 0 Å². The molecule has 3 rings (SSSR count). The summed E-state index contributed by atoms with van der Waals surface area (Å²) in [6.07, 6.45) is 0.362. The van der Waals surface area contributed by atoms with Gasteiger partial charge in [0.15, 0.2) is 0 Å². The van der Waals surface area contributed by atoms with Crippen LogP contribution in [0.4, 0.5) is 11.4 Å². The van der Waals surface area contributed by atoms with Gasteiger partial charge in [0.2, 0.25) is 11.8 Å². The lowest BCUT2D eigenvalue weighted by Gasteiger charge is -2.28. The van der Waals surface area contributed by atoms with Gasteiger partial charge in [-0.1, -0.05) is 24.3 Å². The summed E-state index contributed by atoms with van der Waals surface area (Å²) in [5.41, 5.74) is 3.90. The van der Waals surface area contributed by atoms with E-state index in [4.69, 9.17) is 0 Å². The van der Waals surface area contributed by atoms with Gasteiger partial charge < -0.3 is 15.5 Å². The quantitative estimate of drug-likeness (QED) is 0.906. The van der Waals surface area contributed by atoms with E-state index in [1.54, 1.807) is 0 Å². The number of nitrogens with one attached hydrogen (secondary N) is 2. The number of rotatable bonds is 4. The van der Waals surface area contributed by atoms with Gasteiger partial charge in [0.25, 0.3) is 0 Å². The fourth-order valence-electron chi connectivity index (χ4n) is 2.80. The summed E-state index contributed by atoms with van der Waals surface area (Å²) in [7, 11) is 0. The summed E-state index contributed by atoms with van der Waals surface area (Å²) >= 11 is 0. The zero-order chi connectivity index (χ0) is 16.9. The molecule has 0 radical (unpaired) electrons. The van der Waals surface area contributed by atoms with Crippen LogP contribution >= 0.6 is 0 Å². The molecule has 124 valence electrons. The summed E-state index contributed by atoms with van der Waals surface area (Å²) < 4.78 is 0. The minimum Gasteiger partial charge on any atom is -0.360 e. The van der Waals surface area contributed by atoms with Crippen LogP contribution in [-0.4, -0.2) is 31.4 Å². The molecule has 1 saturated heterocycles. The molecule has 0 aliphatic carbocycles. The predicted molar refractivity (Wildman–Crippen MR) is 95.2 cm³/mol. The molecule has 0 saturated carbocycles. The van der Waals surface area contributed by atoms with E-state index in [1.807, 2.05) is 60.4 Å². The average Bonchev–Trinajstić information content (AvgIpc) is 2.58. The molecule has 2 N–H and O–H groups in total. The van der Waals surface area contributed by atoms with Crippen molar-refractivity contribution in [2.75, 3.05) is 29.9 Å². The summed E-state index contributed by atoms with van der Waals surface area (Å²) in [5.74, 6) is 0.00580. The number of hydrogen-bond donors (Lipinski definition) is 2. The van der Waals surface area contributed by atoms with E-state index in [0.29, 0.717) is 19.5 Å². The summed E-state index contributed by atoms with van der Waals surface area (Å²) in [6, 6.07) is 15.5. The first-order chi connectivity index (χ1) is 11.6. The normalized spacial score (nSPS) is 14.2. The molecule has 0 unspecified atom stereocenters. The van der Waals surface area contributed by atoms with Crippen LogP contribution in [-0.2, 0) is 16.0 Å². The second kappa shape index (κ2) is 7.17. The fourth-order valence-corrected chi connectivity index (χ4v) is 2.80. The Morgan fingerprint density at radius 1 is 1.17 bits per heavy atom. The van der Waals surface area contributed by atoms with Crippen LogP contribution in [0.2, 0.25) is 0 Å². The van der Waals surface area contributed by atoms with Crippen molar-refractivity contribution in [3.63, 3.8) is 0 Å².